The van der Waals surface area contributed by atoms with Crippen LogP contribution in [0.15, 0.2) is 12.4 Å². The molecule has 1 aliphatic carbocycles. The molecule has 0 spiro atoms. The number of nitrogens with zero attached hydrogens (tertiary/aromatic N) is 4. The summed E-state index contributed by atoms with van der Waals surface area (Å²) in [6.07, 6.45) is 8.32. The van der Waals surface area contributed by atoms with E-state index in [0.29, 0.717) is 0 Å². The maximum absolute atomic E-state index is 5.83. The van der Waals surface area contributed by atoms with Gasteiger partial charge in [-0.05, 0) is 30.9 Å². The van der Waals surface area contributed by atoms with Crippen molar-refractivity contribution in [2.24, 2.45) is 0 Å². The molecule has 2 heterocycles. The van der Waals surface area contributed by atoms with Crippen molar-refractivity contribution in [1.29, 1.82) is 0 Å². The van der Waals surface area contributed by atoms with Gasteiger partial charge in [-0.1, -0.05) is 13.3 Å². The summed E-state index contributed by atoms with van der Waals surface area (Å²) < 4.78 is 1.85. The lowest BCUT2D eigenvalue weighted by molar-refractivity contribution is 0.217. The number of rotatable bonds is 2. The summed E-state index contributed by atoms with van der Waals surface area (Å²) in [7, 11) is 0. The molecule has 84 valence electrons. The third kappa shape index (κ3) is 1.26. The molecule has 1 saturated carbocycles. The van der Waals surface area contributed by atoms with Gasteiger partial charge in [0, 0.05) is 5.41 Å². The highest BCUT2D eigenvalue weighted by Crippen LogP contribution is 2.45. The molecule has 1 fully saturated rings. The van der Waals surface area contributed by atoms with Crippen LogP contribution in [-0.4, -0.2) is 19.6 Å². The maximum Gasteiger partial charge on any atom is 0.241 e. The number of imidazole rings is 1. The minimum atomic E-state index is 0.212. The van der Waals surface area contributed by atoms with Crippen LogP contribution in [-0.2, 0) is 5.41 Å². The second-order valence-corrected chi connectivity index (χ2v) is 4.77. The van der Waals surface area contributed by atoms with Gasteiger partial charge in [0.1, 0.15) is 11.3 Å². The Kier molecular flexibility index (Phi) is 2.14. The fraction of sp³-hybridized carbons (Fsp3) is 0.545. The van der Waals surface area contributed by atoms with Gasteiger partial charge in [-0.2, -0.15) is 0 Å². The predicted molar refractivity (Wildman–Crippen MR) is 61.6 cm³/mol. The quantitative estimate of drug-likeness (QED) is 0.805. The smallest absolute Gasteiger partial charge is 0.238 e. The molecule has 0 atom stereocenters. The van der Waals surface area contributed by atoms with E-state index in [-0.39, 0.29) is 10.7 Å². The predicted octanol–water partition coefficient (Wildman–Crippen LogP) is 2.61. The molecule has 2 aromatic heterocycles. The summed E-state index contributed by atoms with van der Waals surface area (Å²) in [6, 6.07) is 0. The summed E-state index contributed by atoms with van der Waals surface area (Å²) in [4.78, 5) is 8.47. The van der Waals surface area contributed by atoms with Crippen LogP contribution in [0, 0.1) is 0 Å². The summed E-state index contributed by atoms with van der Waals surface area (Å²) in [5, 5.41) is 4.52. The Hall–Kier alpha value is -1.16. The van der Waals surface area contributed by atoms with Crippen molar-refractivity contribution >= 4 is 17.1 Å². The van der Waals surface area contributed by atoms with Crippen LogP contribution in [0.4, 0.5) is 0 Å². The van der Waals surface area contributed by atoms with Crippen LogP contribution >= 0.6 is 11.6 Å². The molecule has 1 aliphatic rings. The Bertz CT molecular complexity index is 524. The molecule has 0 aromatic carbocycles. The zero-order valence-corrected chi connectivity index (χ0v) is 9.91. The van der Waals surface area contributed by atoms with E-state index in [4.69, 9.17) is 11.6 Å². The molecule has 0 saturated heterocycles. The molecular weight excluding hydrogens is 224 g/mol. The fourth-order valence-corrected chi connectivity index (χ4v) is 2.60. The molecule has 2 aromatic rings. The number of aromatic nitrogens is 4. The first-order chi connectivity index (χ1) is 7.75. The van der Waals surface area contributed by atoms with Gasteiger partial charge in [0.15, 0.2) is 0 Å². The minimum absolute atomic E-state index is 0.212. The van der Waals surface area contributed by atoms with E-state index in [2.05, 4.69) is 22.0 Å². The standard InChI is InChI=1S/C11H13ClN4/c1-2-11(4-3-5-11)9-13-6-8-7-14-10(12)15-16(8)9/h6-7H,2-5H2,1H3. The van der Waals surface area contributed by atoms with E-state index >= 15 is 0 Å². The summed E-state index contributed by atoms with van der Waals surface area (Å²) in [6.45, 7) is 2.21. The molecule has 0 unspecified atom stereocenters. The topological polar surface area (TPSA) is 43.1 Å². The molecular formula is C11H13ClN4. The van der Waals surface area contributed by atoms with E-state index in [1.807, 2.05) is 10.7 Å². The van der Waals surface area contributed by atoms with Crippen molar-refractivity contribution in [2.45, 2.75) is 38.0 Å². The molecule has 0 N–H and O–H groups in total. The molecule has 0 bridgehead atoms. The molecule has 3 rings (SSSR count). The van der Waals surface area contributed by atoms with Gasteiger partial charge in [0.2, 0.25) is 5.28 Å². The Morgan fingerprint density at radius 1 is 1.38 bits per heavy atom. The number of hydrogen-bond acceptors (Lipinski definition) is 3. The second-order valence-electron chi connectivity index (χ2n) is 4.43. The zero-order valence-electron chi connectivity index (χ0n) is 9.15. The number of hydrogen-bond donors (Lipinski definition) is 0. The van der Waals surface area contributed by atoms with Gasteiger partial charge in [0.25, 0.3) is 0 Å². The molecule has 4 nitrogen and oxygen atoms in total. The van der Waals surface area contributed by atoms with E-state index in [9.17, 15) is 0 Å². The first kappa shape index (κ1) is 10.0. The summed E-state index contributed by atoms with van der Waals surface area (Å²) >= 11 is 5.83. The highest BCUT2D eigenvalue weighted by Gasteiger charge is 2.40. The summed E-state index contributed by atoms with van der Waals surface area (Å²) in [5.41, 5.74) is 1.13. The van der Waals surface area contributed by atoms with Gasteiger partial charge >= 0.3 is 0 Å². The number of halogens is 1. The zero-order chi connectivity index (χ0) is 11.2. The van der Waals surface area contributed by atoms with Gasteiger partial charge in [-0.15, -0.1) is 5.10 Å². The van der Waals surface area contributed by atoms with Crippen LogP contribution in [0.5, 0.6) is 0 Å². The van der Waals surface area contributed by atoms with E-state index in [1.54, 1.807) is 6.20 Å². The van der Waals surface area contributed by atoms with Crippen molar-refractivity contribution in [3.05, 3.63) is 23.5 Å². The van der Waals surface area contributed by atoms with Gasteiger partial charge < -0.3 is 0 Å². The normalized spacial score (nSPS) is 18.6. The van der Waals surface area contributed by atoms with Crippen LogP contribution in [0.3, 0.4) is 0 Å². The van der Waals surface area contributed by atoms with Gasteiger partial charge in [0.05, 0.1) is 12.4 Å². The lowest BCUT2D eigenvalue weighted by Crippen LogP contribution is -2.35. The largest absolute Gasteiger partial charge is 0.241 e. The Morgan fingerprint density at radius 3 is 2.75 bits per heavy atom. The first-order valence-electron chi connectivity index (χ1n) is 5.62. The maximum atomic E-state index is 5.83. The highest BCUT2D eigenvalue weighted by atomic mass is 35.5. The SMILES string of the molecule is CCC1(c2ncc3cnc(Cl)nn23)CCC1. The lowest BCUT2D eigenvalue weighted by Gasteiger charge is -2.39. The first-order valence-corrected chi connectivity index (χ1v) is 6.00. The Balaban J connectivity index is 2.19. The minimum Gasteiger partial charge on any atom is -0.238 e. The third-order valence-corrected chi connectivity index (χ3v) is 3.89. The van der Waals surface area contributed by atoms with Crippen LogP contribution < -0.4 is 0 Å². The van der Waals surface area contributed by atoms with Crippen LogP contribution in [0.1, 0.15) is 38.4 Å². The van der Waals surface area contributed by atoms with Crippen molar-refractivity contribution < 1.29 is 0 Å². The van der Waals surface area contributed by atoms with Gasteiger partial charge in [-0.3, -0.25) is 0 Å². The van der Waals surface area contributed by atoms with E-state index < -0.39 is 0 Å². The molecule has 0 amide bonds. The van der Waals surface area contributed by atoms with E-state index in [0.717, 1.165) is 17.8 Å². The molecule has 16 heavy (non-hydrogen) atoms. The lowest BCUT2D eigenvalue weighted by atomic mass is 9.66. The average Bonchev–Trinajstić information content (AvgIpc) is 2.61. The molecule has 0 aliphatic heterocycles. The van der Waals surface area contributed by atoms with Crippen LogP contribution in [0.25, 0.3) is 5.52 Å². The Morgan fingerprint density at radius 2 is 2.12 bits per heavy atom. The average molecular weight is 237 g/mol. The van der Waals surface area contributed by atoms with Gasteiger partial charge in [-0.25, -0.2) is 14.5 Å². The van der Waals surface area contributed by atoms with Crippen molar-refractivity contribution in [3.63, 3.8) is 0 Å². The molecule has 5 heteroatoms. The second kappa shape index (κ2) is 3.42. The van der Waals surface area contributed by atoms with Crippen molar-refractivity contribution in [3.8, 4) is 0 Å². The third-order valence-electron chi connectivity index (χ3n) is 3.71. The van der Waals surface area contributed by atoms with Crippen molar-refractivity contribution in [2.75, 3.05) is 0 Å². The highest BCUT2D eigenvalue weighted by molar-refractivity contribution is 6.28. The van der Waals surface area contributed by atoms with Crippen LogP contribution in [0.2, 0.25) is 5.28 Å². The van der Waals surface area contributed by atoms with E-state index in [1.165, 1.54) is 19.3 Å². The summed E-state index contributed by atoms with van der Waals surface area (Å²) in [5.74, 6) is 1.04. The molecule has 0 radical (unpaired) electrons. The number of fused-ring (bicyclic) bond motifs is 1. The monoisotopic (exact) mass is 236 g/mol. The Labute approximate surface area is 98.7 Å². The van der Waals surface area contributed by atoms with Crippen molar-refractivity contribution in [1.82, 2.24) is 19.6 Å². The fourth-order valence-electron chi connectivity index (χ4n) is 2.48.